The number of benzene rings is 1. The van der Waals surface area contributed by atoms with Crippen molar-refractivity contribution in [1.82, 2.24) is 5.32 Å². The summed E-state index contributed by atoms with van der Waals surface area (Å²) < 4.78 is 13.9. The number of carbonyl (C=O) groups excluding carboxylic acids is 1. The van der Waals surface area contributed by atoms with Crippen molar-refractivity contribution in [2.24, 2.45) is 0 Å². The Hall–Kier alpha value is -1.23. The molecular formula is C16H23FN2OS. The quantitative estimate of drug-likeness (QED) is 0.842. The Kier molecular flexibility index (Phi) is 5.91. The van der Waals surface area contributed by atoms with Crippen LogP contribution in [0, 0.1) is 5.82 Å². The van der Waals surface area contributed by atoms with E-state index in [1.807, 2.05) is 18.7 Å². The van der Waals surface area contributed by atoms with Gasteiger partial charge in [0.15, 0.2) is 0 Å². The minimum Gasteiger partial charge on any atom is -0.382 e. The smallest absolute Gasteiger partial charge is 0.253 e. The Bertz CT molecular complexity index is 495. The Morgan fingerprint density at radius 3 is 2.90 bits per heavy atom. The lowest BCUT2D eigenvalue weighted by Gasteiger charge is -2.21. The molecule has 1 fully saturated rings. The number of rotatable bonds is 6. The second-order valence-corrected chi connectivity index (χ2v) is 6.71. The zero-order valence-electron chi connectivity index (χ0n) is 12.6. The molecule has 5 heteroatoms. The van der Waals surface area contributed by atoms with Gasteiger partial charge in [-0.2, -0.15) is 11.8 Å². The molecule has 1 saturated carbocycles. The van der Waals surface area contributed by atoms with Crippen LogP contribution >= 0.6 is 11.8 Å². The Morgan fingerprint density at radius 1 is 1.38 bits per heavy atom. The van der Waals surface area contributed by atoms with Crippen molar-refractivity contribution < 1.29 is 9.18 Å². The number of anilines is 1. The first kappa shape index (κ1) is 16.1. The van der Waals surface area contributed by atoms with E-state index in [4.69, 9.17) is 0 Å². The van der Waals surface area contributed by atoms with Crippen LogP contribution in [0.1, 0.15) is 43.5 Å². The fourth-order valence-corrected chi connectivity index (χ4v) is 4.02. The molecule has 116 valence electrons. The summed E-state index contributed by atoms with van der Waals surface area (Å²) in [6.45, 7) is 4.61. The van der Waals surface area contributed by atoms with Crippen LogP contribution in [0.25, 0.3) is 0 Å². The molecule has 2 atom stereocenters. The van der Waals surface area contributed by atoms with Gasteiger partial charge in [-0.3, -0.25) is 4.79 Å². The van der Waals surface area contributed by atoms with E-state index in [0.717, 1.165) is 25.0 Å². The van der Waals surface area contributed by atoms with E-state index in [9.17, 15) is 9.18 Å². The topological polar surface area (TPSA) is 41.1 Å². The van der Waals surface area contributed by atoms with Crippen molar-refractivity contribution in [2.75, 3.05) is 17.6 Å². The molecule has 0 aromatic heterocycles. The summed E-state index contributed by atoms with van der Waals surface area (Å²) in [5, 5.41) is 6.52. The number of hydrogen-bond donors (Lipinski definition) is 2. The molecule has 21 heavy (non-hydrogen) atoms. The zero-order valence-corrected chi connectivity index (χ0v) is 13.4. The molecule has 2 N–H and O–H groups in total. The molecule has 2 unspecified atom stereocenters. The Morgan fingerprint density at radius 2 is 2.19 bits per heavy atom. The highest BCUT2D eigenvalue weighted by Crippen LogP contribution is 2.30. The average molecular weight is 310 g/mol. The number of amides is 1. The molecule has 3 nitrogen and oxygen atoms in total. The Balaban J connectivity index is 2.11. The van der Waals surface area contributed by atoms with Crippen LogP contribution in [0.3, 0.4) is 0 Å². The monoisotopic (exact) mass is 310 g/mol. The first-order chi connectivity index (χ1) is 10.2. The molecule has 1 aliphatic carbocycles. The molecule has 1 amide bonds. The molecule has 0 heterocycles. The normalized spacial score (nSPS) is 21.3. The van der Waals surface area contributed by atoms with Crippen molar-refractivity contribution in [2.45, 2.75) is 44.4 Å². The van der Waals surface area contributed by atoms with Gasteiger partial charge in [0.25, 0.3) is 5.91 Å². The zero-order chi connectivity index (χ0) is 15.2. The highest BCUT2D eigenvalue weighted by Gasteiger charge is 2.29. The highest BCUT2D eigenvalue weighted by atomic mass is 32.2. The number of para-hydroxylation sites is 1. The summed E-state index contributed by atoms with van der Waals surface area (Å²) in [7, 11) is 0. The molecule has 1 aromatic carbocycles. The van der Waals surface area contributed by atoms with E-state index >= 15 is 0 Å². The van der Waals surface area contributed by atoms with Gasteiger partial charge >= 0.3 is 0 Å². The molecule has 0 saturated heterocycles. The molecule has 0 aliphatic heterocycles. The van der Waals surface area contributed by atoms with Crippen molar-refractivity contribution >= 4 is 23.4 Å². The van der Waals surface area contributed by atoms with Gasteiger partial charge < -0.3 is 10.6 Å². The van der Waals surface area contributed by atoms with Gasteiger partial charge in [0.05, 0.1) is 11.3 Å². The number of hydrogen-bond acceptors (Lipinski definition) is 3. The molecular weight excluding hydrogens is 287 g/mol. The predicted octanol–water partition coefficient (Wildman–Crippen LogP) is 3.66. The van der Waals surface area contributed by atoms with Crippen molar-refractivity contribution in [3.8, 4) is 0 Å². The molecule has 1 aromatic rings. The highest BCUT2D eigenvalue weighted by molar-refractivity contribution is 7.99. The standard InChI is InChI=1S/C16H23FN2OS/c1-3-18-15-11(7-5-8-12(15)17)16(20)19-13-9-6-10-14(13)21-4-2/h5,7-8,13-14,18H,3-4,6,9-10H2,1-2H3,(H,19,20). The lowest BCUT2D eigenvalue weighted by molar-refractivity contribution is 0.0939. The van der Waals surface area contributed by atoms with Gasteiger partial charge in [-0.25, -0.2) is 4.39 Å². The van der Waals surface area contributed by atoms with E-state index < -0.39 is 0 Å². The van der Waals surface area contributed by atoms with E-state index in [2.05, 4.69) is 17.6 Å². The van der Waals surface area contributed by atoms with Crippen molar-refractivity contribution in [3.63, 3.8) is 0 Å². The van der Waals surface area contributed by atoms with Crippen LogP contribution in [0.15, 0.2) is 18.2 Å². The largest absolute Gasteiger partial charge is 0.382 e. The van der Waals surface area contributed by atoms with Gasteiger partial charge in [0.1, 0.15) is 5.82 Å². The van der Waals surface area contributed by atoms with Crippen molar-refractivity contribution in [1.29, 1.82) is 0 Å². The maximum absolute atomic E-state index is 13.9. The summed E-state index contributed by atoms with van der Waals surface area (Å²) in [6.07, 6.45) is 3.30. The van der Waals surface area contributed by atoms with E-state index in [-0.39, 0.29) is 17.8 Å². The summed E-state index contributed by atoms with van der Waals surface area (Å²) in [5.74, 6) is 0.495. The van der Waals surface area contributed by atoms with Gasteiger partial charge in [0, 0.05) is 17.8 Å². The first-order valence-corrected chi connectivity index (χ1v) is 8.67. The van der Waals surface area contributed by atoms with Crippen LogP contribution in [0.5, 0.6) is 0 Å². The van der Waals surface area contributed by atoms with Gasteiger partial charge in [0.2, 0.25) is 0 Å². The Labute approximate surface area is 130 Å². The number of nitrogens with one attached hydrogen (secondary N) is 2. The minimum atomic E-state index is -0.379. The third-order valence-electron chi connectivity index (χ3n) is 3.76. The lowest BCUT2D eigenvalue weighted by atomic mass is 10.1. The van der Waals surface area contributed by atoms with E-state index in [1.54, 1.807) is 12.1 Å². The van der Waals surface area contributed by atoms with E-state index in [1.165, 1.54) is 6.07 Å². The summed E-state index contributed by atoms with van der Waals surface area (Å²) in [5.41, 5.74) is 0.694. The number of thioether (sulfide) groups is 1. The summed E-state index contributed by atoms with van der Waals surface area (Å²) in [6, 6.07) is 4.83. The second-order valence-electron chi connectivity index (χ2n) is 5.20. The van der Waals surface area contributed by atoms with Crippen LogP contribution in [-0.4, -0.2) is 29.5 Å². The SMILES string of the molecule is CCNc1c(F)cccc1C(=O)NC1CCCC1SCC. The van der Waals surface area contributed by atoms with Crippen LogP contribution in [0.2, 0.25) is 0 Å². The number of halogens is 1. The van der Waals surface area contributed by atoms with Gasteiger partial charge in [-0.05, 0) is 37.7 Å². The van der Waals surface area contributed by atoms with E-state index in [0.29, 0.717) is 23.0 Å². The van der Waals surface area contributed by atoms with Crippen LogP contribution in [0.4, 0.5) is 10.1 Å². The average Bonchev–Trinajstić information content (AvgIpc) is 2.89. The predicted molar refractivity (Wildman–Crippen MR) is 87.6 cm³/mol. The van der Waals surface area contributed by atoms with Gasteiger partial charge in [-0.15, -0.1) is 0 Å². The van der Waals surface area contributed by atoms with Crippen LogP contribution in [-0.2, 0) is 0 Å². The lowest BCUT2D eigenvalue weighted by Crippen LogP contribution is -2.39. The molecule has 0 bridgehead atoms. The molecule has 2 rings (SSSR count). The maximum Gasteiger partial charge on any atom is 0.253 e. The third-order valence-corrected chi connectivity index (χ3v) is 5.09. The summed E-state index contributed by atoms with van der Waals surface area (Å²) >= 11 is 1.90. The third kappa shape index (κ3) is 3.90. The fraction of sp³-hybridized carbons (Fsp3) is 0.562. The maximum atomic E-state index is 13.9. The molecule has 0 spiro atoms. The second kappa shape index (κ2) is 7.69. The van der Waals surface area contributed by atoms with Crippen LogP contribution < -0.4 is 10.6 Å². The number of carbonyl (C=O) groups is 1. The molecule has 1 aliphatic rings. The fourth-order valence-electron chi connectivity index (χ4n) is 2.82. The molecule has 0 radical (unpaired) electrons. The van der Waals surface area contributed by atoms with Gasteiger partial charge in [-0.1, -0.05) is 19.4 Å². The minimum absolute atomic E-state index is 0.181. The van der Waals surface area contributed by atoms with Crippen molar-refractivity contribution in [3.05, 3.63) is 29.6 Å². The summed E-state index contributed by atoms with van der Waals surface area (Å²) in [4.78, 5) is 12.5. The first-order valence-electron chi connectivity index (χ1n) is 7.62.